The molecule has 0 N–H and O–H groups in total. The highest BCUT2D eigenvalue weighted by molar-refractivity contribution is 6.32. The number of hydrogen-bond acceptors (Lipinski definition) is 6. The Balaban J connectivity index is 1.86. The van der Waals surface area contributed by atoms with Crippen molar-refractivity contribution in [3.05, 3.63) is 63.7 Å². The maximum absolute atomic E-state index is 14.1. The second-order valence-electron chi connectivity index (χ2n) is 9.10. The van der Waals surface area contributed by atoms with Crippen molar-refractivity contribution < 1.29 is 0 Å². The fraction of sp³-hybridized carbons (Fsp3) is 0.440. The first-order chi connectivity index (χ1) is 15.8. The minimum atomic E-state index is -0.0791. The highest BCUT2D eigenvalue weighted by Gasteiger charge is 2.21. The van der Waals surface area contributed by atoms with Gasteiger partial charge in [-0.1, -0.05) is 29.8 Å². The summed E-state index contributed by atoms with van der Waals surface area (Å²) in [6, 6.07) is 13.4. The Bertz CT molecular complexity index is 1170. The third kappa shape index (κ3) is 5.22. The predicted octanol–water partition coefficient (Wildman–Crippen LogP) is 2.78. The van der Waals surface area contributed by atoms with E-state index in [-0.39, 0.29) is 5.56 Å². The van der Waals surface area contributed by atoms with Crippen LogP contribution in [0.5, 0.6) is 0 Å². The van der Waals surface area contributed by atoms with Crippen LogP contribution in [0.4, 0.5) is 5.69 Å². The highest BCUT2D eigenvalue weighted by atomic mass is 35.5. The molecule has 8 heteroatoms. The van der Waals surface area contributed by atoms with Crippen molar-refractivity contribution in [2.24, 2.45) is 0 Å². The van der Waals surface area contributed by atoms with E-state index in [1.165, 1.54) is 0 Å². The Morgan fingerprint density at radius 2 is 1.70 bits per heavy atom. The van der Waals surface area contributed by atoms with Gasteiger partial charge < -0.3 is 14.7 Å². The zero-order valence-corrected chi connectivity index (χ0v) is 20.7. The molecule has 0 saturated carbocycles. The molecule has 0 radical (unpaired) electrons. The molecule has 176 valence electrons. The van der Waals surface area contributed by atoms with E-state index in [2.05, 4.69) is 26.6 Å². The molecule has 0 amide bonds. The Morgan fingerprint density at radius 1 is 0.970 bits per heavy atom. The standard InChI is InChI=1S/C25H33ClN6O/c1-28(2)12-15-30(4)22-11-7-9-20-24(22)25(33)32(21-10-6-5-8-19(21)26)23(27-20)18-31-16-13-29(3)14-17-31/h5-11H,12-18H2,1-4H3. The number of piperazine rings is 1. The van der Waals surface area contributed by atoms with Crippen molar-refractivity contribution in [1.82, 2.24) is 24.3 Å². The molecule has 0 bridgehead atoms. The summed E-state index contributed by atoms with van der Waals surface area (Å²) in [7, 11) is 8.26. The first kappa shape index (κ1) is 23.7. The number of likely N-dealkylation sites (N-methyl/N-ethyl adjacent to an activating group) is 3. The van der Waals surface area contributed by atoms with Crippen molar-refractivity contribution in [3.8, 4) is 5.69 Å². The van der Waals surface area contributed by atoms with E-state index in [1.54, 1.807) is 4.57 Å². The fourth-order valence-electron chi connectivity index (χ4n) is 4.24. The molecule has 3 aromatic rings. The normalized spacial score (nSPS) is 15.5. The molecule has 2 aromatic carbocycles. The lowest BCUT2D eigenvalue weighted by Crippen LogP contribution is -2.44. The summed E-state index contributed by atoms with van der Waals surface area (Å²) in [5.41, 5.74) is 2.21. The van der Waals surface area contributed by atoms with Gasteiger partial charge in [0.2, 0.25) is 0 Å². The molecule has 7 nitrogen and oxygen atoms in total. The molecule has 33 heavy (non-hydrogen) atoms. The average Bonchev–Trinajstić information content (AvgIpc) is 2.79. The van der Waals surface area contributed by atoms with E-state index in [1.807, 2.05) is 63.6 Å². The van der Waals surface area contributed by atoms with Crippen LogP contribution in [-0.4, -0.2) is 91.7 Å². The van der Waals surface area contributed by atoms with Crippen LogP contribution in [0.2, 0.25) is 5.02 Å². The Kier molecular flexibility index (Phi) is 7.34. The molecule has 1 aliphatic rings. The van der Waals surface area contributed by atoms with Gasteiger partial charge in [0.05, 0.1) is 33.8 Å². The molecular weight excluding hydrogens is 436 g/mol. The van der Waals surface area contributed by atoms with Gasteiger partial charge in [-0.25, -0.2) is 4.98 Å². The predicted molar refractivity (Wildman–Crippen MR) is 137 cm³/mol. The monoisotopic (exact) mass is 468 g/mol. The maximum atomic E-state index is 14.1. The summed E-state index contributed by atoms with van der Waals surface area (Å²) in [5, 5.41) is 1.17. The minimum absolute atomic E-state index is 0.0791. The van der Waals surface area contributed by atoms with Crippen molar-refractivity contribution in [3.63, 3.8) is 0 Å². The first-order valence-electron chi connectivity index (χ1n) is 11.4. The quantitative estimate of drug-likeness (QED) is 0.531. The van der Waals surface area contributed by atoms with Crippen LogP contribution in [0, 0.1) is 0 Å². The van der Waals surface area contributed by atoms with E-state index in [9.17, 15) is 4.79 Å². The third-order valence-electron chi connectivity index (χ3n) is 6.29. The largest absolute Gasteiger partial charge is 0.373 e. The number of rotatable bonds is 7. The zero-order chi connectivity index (χ0) is 23.5. The SMILES string of the molecule is CN(C)CCN(C)c1cccc2nc(CN3CCN(C)CC3)n(-c3ccccc3Cl)c(=O)c12. The van der Waals surface area contributed by atoms with E-state index in [4.69, 9.17) is 16.6 Å². The molecule has 2 heterocycles. The maximum Gasteiger partial charge on any atom is 0.268 e. The molecule has 0 atom stereocenters. The van der Waals surface area contributed by atoms with Gasteiger partial charge in [0, 0.05) is 46.3 Å². The van der Waals surface area contributed by atoms with Crippen molar-refractivity contribution in [2.45, 2.75) is 6.54 Å². The van der Waals surface area contributed by atoms with E-state index < -0.39 is 0 Å². The lowest BCUT2D eigenvalue weighted by Gasteiger charge is -2.32. The summed E-state index contributed by atoms with van der Waals surface area (Å²) in [6.07, 6.45) is 0. The second-order valence-corrected chi connectivity index (χ2v) is 9.50. The van der Waals surface area contributed by atoms with Crippen LogP contribution < -0.4 is 10.5 Å². The Labute approximate surface area is 200 Å². The molecule has 0 unspecified atom stereocenters. The number of aromatic nitrogens is 2. The molecule has 0 aliphatic carbocycles. The number of hydrogen-bond donors (Lipinski definition) is 0. The summed E-state index contributed by atoms with van der Waals surface area (Å²) < 4.78 is 1.71. The van der Waals surface area contributed by atoms with E-state index in [0.717, 1.165) is 56.3 Å². The average molecular weight is 469 g/mol. The lowest BCUT2D eigenvalue weighted by molar-refractivity contribution is 0.144. The van der Waals surface area contributed by atoms with Crippen LogP contribution >= 0.6 is 11.6 Å². The van der Waals surface area contributed by atoms with E-state index in [0.29, 0.717) is 22.6 Å². The highest BCUT2D eigenvalue weighted by Crippen LogP contribution is 2.26. The van der Waals surface area contributed by atoms with Gasteiger partial charge in [-0.3, -0.25) is 14.3 Å². The minimum Gasteiger partial charge on any atom is -0.373 e. The fourth-order valence-corrected chi connectivity index (χ4v) is 4.46. The number of halogens is 1. The number of benzene rings is 2. The zero-order valence-electron chi connectivity index (χ0n) is 20.0. The number of anilines is 1. The summed E-state index contributed by atoms with van der Waals surface area (Å²) in [6.45, 7) is 6.20. The van der Waals surface area contributed by atoms with Gasteiger partial charge in [-0.05, 0) is 45.4 Å². The van der Waals surface area contributed by atoms with Gasteiger partial charge >= 0.3 is 0 Å². The van der Waals surface area contributed by atoms with E-state index >= 15 is 0 Å². The molecule has 1 fully saturated rings. The molecule has 1 aromatic heterocycles. The molecule has 4 rings (SSSR count). The molecule has 1 saturated heterocycles. The smallest absolute Gasteiger partial charge is 0.268 e. The van der Waals surface area contributed by atoms with Crippen LogP contribution in [0.25, 0.3) is 16.6 Å². The van der Waals surface area contributed by atoms with Crippen LogP contribution in [0.15, 0.2) is 47.3 Å². The number of fused-ring (bicyclic) bond motifs is 1. The van der Waals surface area contributed by atoms with Gasteiger partial charge in [0.15, 0.2) is 0 Å². The molecular formula is C25H33ClN6O. The van der Waals surface area contributed by atoms with Gasteiger partial charge in [-0.2, -0.15) is 0 Å². The van der Waals surface area contributed by atoms with Crippen LogP contribution in [-0.2, 0) is 6.54 Å². The Hall–Kier alpha value is -2.45. The lowest BCUT2D eigenvalue weighted by atomic mass is 10.1. The molecule has 0 spiro atoms. The third-order valence-corrected chi connectivity index (χ3v) is 6.61. The Morgan fingerprint density at radius 3 is 2.39 bits per heavy atom. The van der Waals surface area contributed by atoms with Crippen LogP contribution in [0.1, 0.15) is 5.82 Å². The van der Waals surface area contributed by atoms with Gasteiger partial charge in [-0.15, -0.1) is 0 Å². The van der Waals surface area contributed by atoms with Crippen molar-refractivity contribution >= 4 is 28.2 Å². The second kappa shape index (κ2) is 10.2. The topological polar surface area (TPSA) is 47.9 Å². The first-order valence-corrected chi connectivity index (χ1v) is 11.8. The van der Waals surface area contributed by atoms with Crippen LogP contribution in [0.3, 0.4) is 0 Å². The summed E-state index contributed by atoms with van der Waals surface area (Å²) in [4.78, 5) is 28.0. The summed E-state index contributed by atoms with van der Waals surface area (Å²) >= 11 is 6.58. The number of para-hydroxylation sites is 1. The van der Waals surface area contributed by atoms with Gasteiger partial charge in [0.25, 0.3) is 5.56 Å². The number of nitrogens with zero attached hydrogens (tertiary/aromatic N) is 6. The van der Waals surface area contributed by atoms with Gasteiger partial charge in [0.1, 0.15) is 5.82 Å². The molecule has 1 aliphatic heterocycles. The summed E-state index contributed by atoms with van der Waals surface area (Å²) in [5.74, 6) is 0.721. The van der Waals surface area contributed by atoms with Crippen molar-refractivity contribution in [2.75, 3.05) is 72.4 Å². The van der Waals surface area contributed by atoms with Crippen molar-refractivity contribution in [1.29, 1.82) is 0 Å².